The number of ether oxygens (including phenoxy) is 1. The molecule has 2 bridgehead atoms. The largest absolute Gasteiger partial charge is 0.356 e. The molecule has 0 amide bonds. The second-order valence-corrected chi connectivity index (χ2v) is 14.5. The van der Waals surface area contributed by atoms with Crippen LogP contribution >= 0.6 is 0 Å². The number of rotatable bonds is 11. The zero-order chi connectivity index (χ0) is 25.4. The molecule has 1 saturated heterocycles. The maximum atomic E-state index is 15.6. The van der Waals surface area contributed by atoms with Crippen LogP contribution in [0.15, 0.2) is 0 Å². The Balaban J connectivity index is 0.00000200. The van der Waals surface area contributed by atoms with Gasteiger partial charge in [-0.05, 0) is 125 Å². The fourth-order valence-corrected chi connectivity index (χ4v) is 10.1. The van der Waals surface area contributed by atoms with Crippen LogP contribution in [0.5, 0.6) is 0 Å². The summed E-state index contributed by atoms with van der Waals surface area (Å²) in [5.41, 5.74) is -0.399. The van der Waals surface area contributed by atoms with Gasteiger partial charge in [0, 0.05) is 1.43 Å². The van der Waals surface area contributed by atoms with Crippen molar-refractivity contribution < 1.29 is 14.9 Å². The topological polar surface area (TPSA) is 12.5 Å². The molecule has 0 N–H and O–H groups in total. The van der Waals surface area contributed by atoms with Crippen molar-refractivity contribution in [1.82, 2.24) is 0 Å². The van der Waals surface area contributed by atoms with Crippen LogP contribution in [0.2, 0.25) is 0 Å². The van der Waals surface area contributed by atoms with Gasteiger partial charge in [-0.25, -0.2) is 8.78 Å². The van der Waals surface area contributed by atoms with Gasteiger partial charge in [-0.3, -0.25) is 0 Å². The van der Waals surface area contributed by atoms with Gasteiger partial charge in [0.1, 0.15) is 17.9 Å². The molecule has 0 radical (unpaired) electrons. The Hall–Kier alpha value is -0.180. The Morgan fingerprint density at radius 3 is 1.81 bits per heavy atom. The molecule has 6 fully saturated rings. The first-order chi connectivity index (χ1) is 17.3. The predicted molar refractivity (Wildman–Crippen MR) is 154 cm³/mol. The quantitative estimate of drug-likeness (QED) is 0.193. The molecule has 5 aliphatic carbocycles. The van der Waals surface area contributed by atoms with Gasteiger partial charge in [0.25, 0.3) is 0 Å². The van der Waals surface area contributed by atoms with Crippen molar-refractivity contribution >= 4 is 0 Å². The smallest absolute Gasteiger partial charge is 0.159 e. The van der Waals surface area contributed by atoms with Crippen molar-refractivity contribution in [3.05, 3.63) is 0 Å². The molecule has 1 aliphatic heterocycles. The molecule has 6 aliphatic rings. The number of unbranched alkanes of at least 4 members (excludes halogenated alkanes) is 5. The highest BCUT2D eigenvalue weighted by Gasteiger charge is 2.76. The van der Waals surface area contributed by atoms with Crippen molar-refractivity contribution in [1.29, 1.82) is 0 Å². The summed E-state index contributed by atoms with van der Waals surface area (Å²) in [7, 11) is 0. The summed E-state index contributed by atoms with van der Waals surface area (Å²) >= 11 is 0. The summed E-state index contributed by atoms with van der Waals surface area (Å²) < 4.78 is 37.2. The fourth-order valence-electron chi connectivity index (χ4n) is 10.1. The minimum absolute atomic E-state index is 0. The Labute approximate surface area is 230 Å². The van der Waals surface area contributed by atoms with E-state index in [0.29, 0.717) is 29.6 Å². The highest BCUT2D eigenvalue weighted by Crippen LogP contribution is 2.65. The molecule has 6 rings (SSSR count). The maximum absolute atomic E-state index is 15.6. The number of fused-ring (bicyclic) bond motifs is 3. The number of hydrogen-bond acceptors (Lipinski definition) is 1. The van der Waals surface area contributed by atoms with Crippen molar-refractivity contribution in [2.24, 2.45) is 28.6 Å². The summed E-state index contributed by atoms with van der Waals surface area (Å²) in [4.78, 5) is 0. The van der Waals surface area contributed by atoms with Crippen molar-refractivity contribution in [2.45, 2.75) is 187 Å². The van der Waals surface area contributed by atoms with E-state index in [2.05, 4.69) is 13.8 Å². The zero-order valence-electron chi connectivity index (χ0n) is 23.9. The summed E-state index contributed by atoms with van der Waals surface area (Å²) in [6.07, 6.45) is 23.7. The van der Waals surface area contributed by atoms with Crippen LogP contribution in [0.25, 0.3) is 0 Å². The minimum atomic E-state index is -1.13. The molecule has 1 spiro atoms. The molecular weight excluding hydrogens is 462 g/mol. The summed E-state index contributed by atoms with van der Waals surface area (Å²) in [5, 5.41) is 0. The van der Waals surface area contributed by atoms with Gasteiger partial charge in [0.15, 0.2) is 5.60 Å². The fraction of sp³-hybridized carbons (Fsp3) is 1.00. The van der Waals surface area contributed by atoms with Crippen LogP contribution < -0.4 is 0 Å². The molecule has 0 aromatic carbocycles. The SMILES string of the molecule is C.CCCCCCC1(C)OC12C(F)CC(C1CCC(C34CCC(CCCCC)(CC3)CC4)CC1)CC2F.[HH]. The lowest BCUT2D eigenvalue weighted by atomic mass is 9.47. The van der Waals surface area contributed by atoms with E-state index in [1.165, 1.54) is 103 Å². The Morgan fingerprint density at radius 2 is 1.24 bits per heavy atom. The number of epoxide rings is 1. The normalized spacial score (nSPS) is 47.1. The number of halogens is 2. The van der Waals surface area contributed by atoms with Crippen LogP contribution in [0.3, 0.4) is 0 Å². The van der Waals surface area contributed by atoms with Crippen LogP contribution in [0.4, 0.5) is 8.78 Å². The molecular formula is C34H62F2O. The lowest BCUT2D eigenvalue weighted by Crippen LogP contribution is -2.50. The lowest BCUT2D eigenvalue weighted by Gasteiger charge is -2.58. The van der Waals surface area contributed by atoms with E-state index < -0.39 is 23.5 Å². The van der Waals surface area contributed by atoms with Gasteiger partial charge in [-0.15, -0.1) is 0 Å². The number of hydrogen-bond donors (Lipinski definition) is 0. The molecule has 5 saturated carbocycles. The van der Waals surface area contributed by atoms with Crippen LogP contribution in [0.1, 0.15) is 164 Å². The van der Waals surface area contributed by atoms with E-state index in [1.807, 2.05) is 6.92 Å². The Kier molecular flexibility index (Phi) is 9.45. The van der Waals surface area contributed by atoms with Gasteiger partial charge in [0.2, 0.25) is 0 Å². The standard InChI is InChI=1S/C33H56F2O.CH4.H2/c1-4-6-8-10-15-30(3)33(36-30)28(34)23-26(24-29(33)35)25-11-13-27(14-12-25)32-20-17-31(18-21-32,19-22-32)16-9-7-5-2;;/h25-29H,4-24H2,1-3H3;1H4;1H. The first kappa shape index (κ1) is 29.8. The van der Waals surface area contributed by atoms with Gasteiger partial charge < -0.3 is 4.74 Å². The third-order valence-electron chi connectivity index (χ3n) is 12.7. The first-order valence-corrected chi connectivity index (χ1v) is 16.3. The average molecular weight is 525 g/mol. The van der Waals surface area contributed by atoms with E-state index in [0.717, 1.165) is 25.2 Å². The molecule has 218 valence electrons. The van der Waals surface area contributed by atoms with Gasteiger partial charge in [0.05, 0.1) is 0 Å². The molecule has 0 aromatic heterocycles. The first-order valence-electron chi connectivity index (χ1n) is 16.3. The molecule has 3 atom stereocenters. The summed E-state index contributed by atoms with van der Waals surface area (Å²) in [6.45, 7) is 6.50. The van der Waals surface area contributed by atoms with Crippen LogP contribution in [0, 0.1) is 28.6 Å². The molecule has 1 heterocycles. The third-order valence-corrected chi connectivity index (χ3v) is 12.7. The average Bonchev–Trinajstić information content (AvgIpc) is 3.53. The van der Waals surface area contributed by atoms with E-state index in [9.17, 15) is 0 Å². The Morgan fingerprint density at radius 1 is 0.703 bits per heavy atom. The van der Waals surface area contributed by atoms with E-state index in [1.54, 1.807) is 0 Å². The van der Waals surface area contributed by atoms with Crippen molar-refractivity contribution in [3.8, 4) is 0 Å². The van der Waals surface area contributed by atoms with Gasteiger partial charge >= 0.3 is 0 Å². The summed E-state index contributed by atoms with van der Waals surface area (Å²) in [6, 6.07) is 0. The zero-order valence-corrected chi connectivity index (χ0v) is 23.9. The van der Waals surface area contributed by atoms with Crippen LogP contribution in [-0.4, -0.2) is 23.5 Å². The summed E-state index contributed by atoms with van der Waals surface area (Å²) in [5.74, 6) is 1.62. The van der Waals surface area contributed by atoms with E-state index in [-0.39, 0.29) is 14.8 Å². The predicted octanol–water partition coefficient (Wildman–Crippen LogP) is 11.2. The Bertz CT molecular complexity index is 697. The van der Waals surface area contributed by atoms with Gasteiger partial charge in [-0.1, -0.05) is 66.2 Å². The number of alkyl halides is 2. The highest BCUT2D eigenvalue weighted by molar-refractivity contribution is 5.23. The van der Waals surface area contributed by atoms with E-state index in [4.69, 9.17) is 4.74 Å². The lowest BCUT2D eigenvalue weighted by molar-refractivity contribution is -0.0715. The molecule has 3 heteroatoms. The molecule has 0 aromatic rings. The third kappa shape index (κ3) is 5.44. The monoisotopic (exact) mass is 524 g/mol. The highest BCUT2D eigenvalue weighted by atomic mass is 19.1. The molecule has 3 unspecified atom stereocenters. The molecule has 1 nitrogen and oxygen atoms in total. The van der Waals surface area contributed by atoms with Crippen molar-refractivity contribution in [2.75, 3.05) is 0 Å². The van der Waals surface area contributed by atoms with Crippen molar-refractivity contribution in [3.63, 3.8) is 0 Å². The maximum Gasteiger partial charge on any atom is 0.159 e. The van der Waals surface area contributed by atoms with Crippen LogP contribution in [-0.2, 0) is 4.74 Å². The second kappa shape index (κ2) is 11.7. The van der Waals surface area contributed by atoms with E-state index >= 15 is 8.78 Å². The molecule has 37 heavy (non-hydrogen) atoms. The second-order valence-electron chi connectivity index (χ2n) is 14.5. The van der Waals surface area contributed by atoms with Gasteiger partial charge in [-0.2, -0.15) is 0 Å². The minimum Gasteiger partial charge on any atom is -0.356 e.